The van der Waals surface area contributed by atoms with Crippen LogP contribution in [0.4, 0.5) is 5.82 Å². The smallest absolute Gasteiger partial charge is 0.126 e. The summed E-state index contributed by atoms with van der Waals surface area (Å²) in [6.45, 7) is 0. The van der Waals surface area contributed by atoms with Crippen molar-refractivity contribution in [2.45, 2.75) is 0 Å². The molecule has 0 aliphatic carbocycles. The number of nitrogens with zero attached hydrogens (tertiary/aromatic N) is 1. The van der Waals surface area contributed by atoms with Gasteiger partial charge < -0.3 is 10.5 Å². The van der Waals surface area contributed by atoms with Crippen LogP contribution in [-0.4, -0.2) is 12.1 Å². The Hall–Kier alpha value is -1.29. The van der Waals surface area contributed by atoms with Gasteiger partial charge in [-0.15, -0.1) is 0 Å². The predicted octanol–water partition coefficient (Wildman–Crippen LogP) is 2.59. The van der Waals surface area contributed by atoms with Crippen LogP contribution in [0.15, 0.2) is 28.9 Å². The van der Waals surface area contributed by atoms with Crippen LogP contribution in [0.25, 0.3) is 10.8 Å². The second kappa shape index (κ2) is 3.46. The lowest BCUT2D eigenvalue weighted by Crippen LogP contribution is -1.92. The third-order valence-corrected chi connectivity index (χ3v) is 2.63. The minimum Gasteiger partial charge on any atom is -0.496 e. The summed E-state index contributed by atoms with van der Waals surface area (Å²) in [5, 5.41) is 1.97. The maximum Gasteiger partial charge on any atom is 0.126 e. The number of anilines is 1. The van der Waals surface area contributed by atoms with Crippen LogP contribution in [0, 0.1) is 0 Å². The summed E-state index contributed by atoms with van der Waals surface area (Å²) in [5.41, 5.74) is 5.65. The molecule has 3 nitrogen and oxygen atoms in total. The number of methoxy groups -OCH3 is 1. The maximum absolute atomic E-state index is 5.65. The first-order valence-corrected chi connectivity index (χ1v) is 4.90. The van der Waals surface area contributed by atoms with Crippen molar-refractivity contribution in [3.05, 3.63) is 28.9 Å². The van der Waals surface area contributed by atoms with Gasteiger partial charge in [0.15, 0.2) is 0 Å². The van der Waals surface area contributed by atoms with Crippen molar-refractivity contribution < 1.29 is 4.74 Å². The number of pyridine rings is 1. The molecule has 0 bridgehead atoms. The van der Waals surface area contributed by atoms with Crippen LogP contribution in [-0.2, 0) is 0 Å². The zero-order chi connectivity index (χ0) is 10.1. The molecule has 72 valence electrons. The van der Waals surface area contributed by atoms with E-state index in [0.29, 0.717) is 5.82 Å². The Labute approximate surface area is 90.0 Å². The average molecular weight is 253 g/mol. The highest BCUT2D eigenvalue weighted by atomic mass is 79.9. The Kier molecular flexibility index (Phi) is 2.29. The molecular formula is C10H9BrN2O. The van der Waals surface area contributed by atoms with Crippen LogP contribution in [0.3, 0.4) is 0 Å². The summed E-state index contributed by atoms with van der Waals surface area (Å²) in [6.07, 6.45) is 0. The molecule has 0 atom stereocenters. The van der Waals surface area contributed by atoms with E-state index in [2.05, 4.69) is 20.9 Å². The summed E-state index contributed by atoms with van der Waals surface area (Å²) in [4.78, 5) is 4.12. The molecule has 0 spiro atoms. The third kappa shape index (κ3) is 1.42. The van der Waals surface area contributed by atoms with Gasteiger partial charge in [0, 0.05) is 10.8 Å². The van der Waals surface area contributed by atoms with E-state index < -0.39 is 0 Å². The lowest BCUT2D eigenvalue weighted by molar-refractivity contribution is 0.420. The monoisotopic (exact) mass is 252 g/mol. The molecule has 0 radical (unpaired) electrons. The lowest BCUT2D eigenvalue weighted by Gasteiger charge is -2.06. The Balaban J connectivity index is 2.86. The Morgan fingerprint density at radius 2 is 2.14 bits per heavy atom. The first kappa shape index (κ1) is 9.27. The zero-order valence-corrected chi connectivity index (χ0v) is 9.21. The van der Waals surface area contributed by atoms with E-state index in [4.69, 9.17) is 10.5 Å². The maximum atomic E-state index is 5.65. The van der Waals surface area contributed by atoms with Crippen molar-refractivity contribution in [3.8, 4) is 5.75 Å². The molecule has 0 fully saturated rings. The Morgan fingerprint density at radius 3 is 2.86 bits per heavy atom. The average Bonchev–Trinajstić information content (AvgIpc) is 2.17. The van der Waals surface area contributed by atoms with E-state index in [9.17, 15) is 0 Å². The molecule has 0 aliphatic heterocycles. The molecule has 14 heavy (non-hydrogen) atoms. The Bertz CT molecular complexity index is 485. The highest BCUT2D eigenvalue weighted by Gasteiger charge is 2.05. The highest BCUT2D eigenvalue weighted by Crippen LogP contribution is 2.30. The van der Waals surface area contributed by atoms with Gasteiger partial charge in [-0.2, -0.15) is 0 Å². The molecular weight excluding hydrogens is 244 g/mol. The molecule has 2 rings (SSSR count). The van der Waals surface area contributed by atoms with Crippen molar-refractivity contribution in [1.82, 2.24) is 4.98 Å². The van der Waals surface area contributed by atoms with E-state index in [1.807, 2.05) is 18.2 Å². The number of nitrogens with two attached hydrogens (primary N) is 1. The van der Waals surface area contributed by atoms with Gasteiger partial charge in [-0.1, -0.05) is 12.1 Å². The van der Waals surface area contributed by atoms with Crippen molar-refractivity contribution in [3.63, 3.8) is 0 Å². The number of benzene rings is 1. The van der Waals surface area contributed by atoms with Gasteiger partial charge in [0.05, 0.1) is 7.11 Å². The number of halogens is 1. The van der Waals surface area contributed by atoms with Gasteiger partial charge in [-0.05, 0) is 28.1 Å². The molecule has 0 saturated carbocycles. The molecule has 0 amide bonds. The number of aromatic nitrogens is 1. The molecule has 2 N–H and O–H groups in total. The van der Waals surface area contributed by atoms with E-state index in [1.165, 1.54) is 0 Å². The summed E-state index contributed by atoms with van der Waals surface area (Å²) in [7, 11) is 1.64. The van der Waals surface area contributed by atoms with Crippen LogP contribution in [0.2, 0.25) is 0 Å². The van der Waals surface area contributed by atoms with Gasteiger partial charge in [0.2, 0.25) is 0 Å². The summed E-state index contributed by atoms with van der Waals surface area (Å²) >= 11 is 3.36. The van der Waals surface area contributed by atoms with E-state index in [1.54, 1.807) is 13.2 Å². The Morgan fingerprint density at radius 1 is 1.36 bits per heavy atom. The number of ether oxygens (including phenoxy) is 1. The van der Waals surface area contributed by atoms with E-state index in [-0.39, 0.29) is 0 Å². The molecule has 2 aromatic rings. The van der Waals surface area contributed by atoms with Crippen molar-refractivity contribution in [1.29, 1.82) is 0 Å². The van der Waals surface area contributed by atoms with Gasteiger partial charge in [0.25, 0.3) is 0 Å². The van der Waals surface area contributed by atoms with Crippen molar-refractivity contribution in [2.75, 3.05) is 12.8 Å². The first-order chi connectivity index (χ1) is 6.72. The van der Waals surface area contributed by atoms with Crippen LogP contribution in [0.1, 0.15) is 0 Å². The summed E-state index contributed by atoms with van der Waals surface area (Å²) in [5.74, 6) is 1.28. The van der Waals surface area contributed by atoms with Gasteiger partial charge >= 0.3 is 0 Å². The fourth-order valence-corrected chi connectivity index (χ4v) is 1.96. The SMILES string of the molecule is COc1cccc2c(Br)nc(N)cc12. The fraction of sp³-hybridized carbons (Fsp3) is 0.100. The summed E-state index contributed by atoms with van der Waals surface area (Å²) < 4.78 is 5.98. The van der Waals surface area contributed by atoms with Crippen LogP contribution in [0.5, 0.6) is 5.75 Å². The number of hydrogen-bond donors (Lipinski definition) is 1. The lowest BCUT2D eigenvalue weighted by atomic mass is 10.1. The number of fused-ring (bicyclic) bond motifs is 1. The molecule has 0 aliphatic rings. The van der Waals surface area contributed by atoms with Gasteiger partial charge in [-0.3, -0.25) is 0 Å². The largest absolute Gasteiger partial charge is 0.496 e. The third-order valence-electron chi connectivity index (χ3n) is 2.03. The molecule has 1 aromatic heterocycles. The van der Waals surface area contributed by atoms with Crippen molar-refractivity contribution >= 4 is 32.5 Å². The molecule has 1 aromatic carbocycles. The fourth-order valence-electron chi connectivity index (χ4n) is 1.40. The highest BCUT2D eigenvalue weighted by molar-refractivity contribution is 9.10. The zero-order valence-electron chi connectivity index (χ0n) is 7.62. The van der Waals surface area contributed by atoms with E-state index >= 15 is 0 Å². The number of rotatable bonds is 1. The molecule has 4 heteroatoms. The minimum atomic E-state index is 0.480. The van der Waals surface area contributed by atoms with Gasteiger partial charge in [0.1, 0.15) is 16.2 Å². The summed E-state index contributed by atoms with van der Waals surface area (Å²) in [6, 6.07) is 7.59. The van der Waals surface area contributed by atoms with Crippen LogP contribution >= 0.6 is 15.9 Å². The topological polar surface area (TPSA) is 48.1 Å². The standard InChI is InChI=1S/C10H9BrN2O/c1-14-8-4-2-3-6-7(8)5-9(12)13-10(6)11/h2-5H,1H3,(H2,12,13). The van der Waals surface area contributed by atoms with Crippen molar-refractivity contribution in [2.24, 2.45) is 0 Å². The molecule has 0 saturated heterocycles. The normalized spacial score (nSPS) is 10.4. The molecule has 1 heterocycles. The first-order valence-electron chi connectivity index (χ1n) is 4.11. The number of nitrogen functional groups attached to an aromatic ring is 1. The van der Waals surface area contributed by atoms with Gasteiger partial charge in [-0.25, -0.2) is 4.98 Å². The number of hydrogen-bond acceptors (Lipinski definition) is 3. The predicted molar refractivity (Wildman–Crippen MR) is 60.4 cm³/mol. The quantitative estimate of drug-likeness (QED) is 0.794. The second-order valence-corrected chi connectivity index (χ2v) is 3.64. The molecule has 0 unspecified atom stereocenters. The minimum absolute atomic E-state index is 0.480. The van der Waals surface area contributed by atoms with E-state index in [0.717, 1.165) is 21.1 Å². The van der Waals surface area contributed by atoms with Crippen LogP contribution < -0.4 is 10.5 Å². The second-order valence-electron chi connectivity index (χ2n) is 2.89.